The van der Waals surface area contributed by atoms with Crippen LogP contribution in [0, 0.1) is 11.6 Å². The van der Waals surface area contributed by atoms with Gasteiger partial charge < -0.3 is 9.30 Å². The van der Waals surface area contributed by atoms with Crippen LogP contribution in [0.4, 0.5) is 8.78 Å². The van der Waals surface area contributed by atoms with Crippen LogP contribution in [0.15, 0.2) is 17.1 Å². The van der Waals surface area contributed by atoms with Gasteiger partial charge in [-0.05, 0) is 19.4 Å². The first-order valence-electron chi connectivity index (χ1n) is 6.25. The molecule has 0 saturated carbocycles. The number of carbonyl (C=O) groups is 1. The molecule has 0 atom stereocenters. The van der Waals surface area contributed by atoms with Crippen molar-refractivity contribution in [2.24, 2.45) is 0 Å². The normalized spacial score (nSPS) is 12.9. The molecular formula is C14H11F2NO3. The van der Waals surface area contributed by atoms with Crippen molar-refractivity contribution in [3.8, 4) is 0 Å². The minimum absolute atomic E-state index is 0.0157. The number of pyridine rings is 1. The molecule has 1 aromatic heterocycles. The van der Waals surface area contributed by atoms with Crippen LogP contribution in [0.1, 0.15) is 22.8 Å². The second kappa shape index (κ2) is 4.40. The molecule has 0 bridgehead atoms. The van der Waals surface area contributed by atoms with Gasteiger partial charge in [0, 0.05) is 23.7 Å². The number of nitrogens with zero attached hydrogens (tertiary/aromatic N) is 1. The van der Waals surface area contributed by atoms with E-state index in [-0.39, 0.29) is 23.1 Å². The standard InChI is InChI=1S/C14H11F2NO3/c1-2-20-14(19)9-6-17-4-3-7-11(16)10(15)5-8(12(7)17)13(9)18/h5-6H,2-4H2,1H3. The molecular weight excluding hydrogens is 268 g/mol. The van der Waals surface area contributed by atoms with E-state index < -0.39 is 23.0 Å². The summed E-state index contributed by atoms with van der Waals surface area (Å²) in [5.41, 5.74) is -0.232. The molecule has 1 aromatic carbocycles. The summed E-state index contributed by atoms with van der Waals surface area (Å²) in [4.78, 5) is 24.0. The molecule has 2 heterocycles. The number of aryl methyl sites for hydroxylation is 2. The van der Waals surface area contributed by atoms with E-state index in [4.69, 9.17) is 4.74 Å². The average Bonchev–Trinajstić information content (AvgIpc) is 2.83. The average molecular weight is 279 g/mol. The Balaban J connectivity index is 2.36. The topological polar surface area (TPSA) is 48.3 Å². The van der Waals surface area contributed by atoms with Crippen LogP contribution in [-0.4, -0.2) is 17.1 Å². The van der Waals surface area contributed by atoms with Gasteiger partial charge in [0.1, 0.15) is 5.56 Å². The van der Waals surface area contributed by atoms with Gasteiger partial charge in [0.15, 0.2) is 11.6 Å². The zero-order valence-corrected chi connectivity index (χ0v) is 10.7. The predicted octanol–water partition coefficient (Wildman–Crippen LogP) is 2.01. The van der Waals surface area contributed by atoms with Crippen LogP contribution in [0.3, 0.4) is 0 Å². The molecule has 2 aromatic rings. The van der Waals surface area contributed by atoms with Crippen LogP contribution in [0.5, 0.6) is 0 Å². The third-order valence-corrected chi connectivity index (χ3v) is 3.45. The highest BCUT2D eigenvalue weighted by Gasteiger charge is 2.25. The number of halogens is 2. The number of carbonyl (C=O) groups excluding carboxylic acids is 1. The van der Waals surface area contributed by atoms with Gasteiger partial charge in [0.2, 0.25) is 5.43 Å². The largest absolute Gasteiger partial charge is 0.462 e. The van der Waals surface area contributed by atoms with Crippen molar-refractivity contribution in [3.63, 3.8) is 0 Å². The SMILES string of the molecule is CCOC(=O)c1cn2c3c(c(F)c(F)cc3c1=O)CC2. The molecule has 0 aliphatic carbocycles. The van der Waals surface area contributed by atoms with Gasteiger partial charge in [-0.3, -0.25) is 4.79 Å². The van der Waals surface area contributed by atoms with Crippen LogP contribution in [0.25, 0.3) is 10.9 Å². The lowest BCUT2D eigenvalue weighted by molar-refractivity contribution is 0.0524. The fraction of sp³-hybridized carbons (Fsp3) is 0.286. The number of ether oxygens (including phenoxy) is 1. The van der Waals surface area contributed by atoms with Crippen molar-refractivity contribution in [2.75, 3.05) is 6.61 Å². The Morgan fingerprint density at radius 1 is 1.45 bits per heavy atom. The first kappa shape index (κ1) is 12.8. The number of hydrogen-bond acceptors (Lipinski definition) is 3. The Bertz CT molecular complexity index is 795. The molecule has 1 aliphatic heterocycles. The Morgan fingerprint density at radius 2 is 2.20 bits per heavy atom. The molecule has 0 spiro atoms. The molecule has 20 heavy (non-hydrogen) atoms. The van der Waals surface area contributed by atoms with E-state index in [1.807, 2.05) is 0 Å². The Labute approximate surface area is 112 Å². The molecule has 0 unspecified atom stereocenters. The van der Waals surface area contributed by atoms with Gasteiger partial charge in [-0.1, -0.05) is 0 Å². The van der Waals surface area contributed by atoms with Gasteiger partial charge >= 0.3 is 5.97 Å². The molecule has 104 valence electrons. The minimum Gasteiger partial charge on any atom is -0.462 e. The van der Waals surface area contributed by atoms with Crippen LogP contribution in [-0.2, 0) is 17.7 Å². The van der Waals surface area contributed by atoms with Crippen LogP contribution in [0.2, 0.25) is 0 Å². The van der Waals surface area contributed by atoms with Gasteiger partial charge in [0.05, 0.1) is 12.1 Å². The van der Waals surface area contributed by atoms with Crippen molar-refractivity contribution < 1.29 is 18.3 Å². The smallest absolute Gasteiger partial charge is 0.343 e. The van der Waals surface area contributed by atoms with E-state index in [2.05, 4.69) is 0 Å². The number of benzene rings is 1. The summed E-state index contributed by atoms with van der Waals surface area (Å²) in [6.45, 7) is 2.17. The Kier molecular flexibility index (Phi) is 2.81. The zero-order valence-electron chi connectivity index (χ0n) is 10.7. The minimum atomic E-state index is -1.07. The molecule has 0 saturated heterocycles. The maximum Gasteiger partial charge on any atom is 0.343 e. The predicted molar refractivity (Wildman–Crippen MR) is 67.8 cm³/mol. The van der Waals surface area contributed by atoms with Crippen molar-refractivity contribution >= 4 is 16.9 Å². The van der Waals surface area contributed by atoms with Gasteiger partial charge in [0.25, 0.3) is 0 Å². The molecule has 0 radical (unpaired) electrons. The summed E-state index contributed by atoms with van der Waals surface area (Å²) in [5.74, 6) is -2.74. The van der Waals surface area contributed by atoms with E-state index in [9.17, 15) is 18.4 Å². The Morgan fingerprint density at radius 3 is 2.90 bits per heavy atom. The summed E-state index contributed by atoms with van der Waals surface area (Å²) >= 11 is 0. The Hall–Kier alpha value is -2.24. The third-order valence-electron chi connectivity index (χ3n) is 3.45. The lowest BCUT2D eigenvalue weighted by Crippen LogP contribution is -2.20. The lowest BCUT2D eigenvalue weighted by atomic mass is 10.1. The van der Waals surface area contributed by atoms with Crippen molar-refractivity contribution in [2.45, 2.75) is 19.9 Å². The highest BCUT2D eigenvalue weighted by Crippen LogP contribution is 2.28. The van der Waals surface area contributed by atoms with E-state index in [0.29, 0.717) is 18.5 Å². The number of esters is 1. The first-order chi connectivity index (χ1) is 9.54. The fourth-order valence-corrected chi connectivity index (χ4v) is 2.59. The van der Waals surface area contributed by atoms with Crippen molar-refractivity contribution in [1.29, 1.82) is 0 Å². The number of rotatable bonds is 2. The quantitative estimate of drug-likeness (QED) is 0.790. The van der Waals surface area contributed by atoms with Gasteiger partial charge in [-0.15, -0.1) is 0 Å². The number of hydrogen-bond donors (Lipinski definition) is 0. The lowest BCUT2D eigenvalue weighted by Gasteiger charge is -2.08. The van der Waals surface area contributed by atoms with E-state index in [1.165, 1.54) is 6.20 Å². The monoisotopic (exact) mass is 279 g/mol. The fourth-order valence-electron chi connectivity index (χ4n) is 2.59. The summed E-state index contributed by atoms with van der Waals surface area (Å²) in [5, 5.41) is 0.0157. The van der Waals surface area contributed by atoms with Crippen LogP contribution < -0.4 is 5.43 Å². The summed E-state index contributed by atoms with van der Waals surface area (Å²) in [6.07, 6.45) is 1.66. The highest BCUT2D eigenvalue weighted by atomic mass is 19.2. The second-order valence-corrected chi connectivity index (χ2v) is 4.58. The van der Waals surface area contributed by atoms with E-state index in [1.54, 1.807) is 11.5 Å². The molecule has 0 N–H and O–H groups in total. The number of aromatic nitrogens is 1. The molecule has 1 aliphatic rings. The molecule has 0 fully saturated rings. The van der Waals surface area contributed by atoms with Gasteiger partial charge in [-0.25, -0.2) is 13.6 Å². The zero-order chi connectivity index (χ0) is 14.4. The summed E-state index contributed by atoms with van der Waals surface area (Å²) in [7, 11) is 0. The van der Waals surface area contributed by atoms with Gasteiger partial charge in [-0.2, -0.15) is 0 Å². The summed E-state index contributed by atoms with van der Waals surface area (Å²) < 4.78 is 33.6. The molecule has 4 nitrogen and oxygen atoms in total. The maximum absolute atomic E-state index is 13.7. The molecule has 6 heteroatoms. The summed E-state index contributed by atoms with van der Waals surface area (Å²) in [6, 6.07) is 0.848. The maximum atomic E-state index is 13.7. The first-order valence-corrected chi connectivity index (χ1v) is 6.25. The van der Waals surface area contributed by atoms with Crippen LogP contribution >= 0.6 is 0 Å². The van der Waals surface area contributed by atoms with Crippen molar-refractivity contribution in [1.82, 2.24) is 4.57 Å². The second-order valence-electron chi connectivity index (χ2n) is 4.58. The molecule has 0 amide bonds. The van der Waals surface area contributed by atoms with E-state index in [0.717, 1.165) is 6.07 Å². The highest BCUT2D eigenvalue weighted by molar-refractivity contribution is 5.95. The third kappa shape index (κ3) is 1.64. The van der Waals surface area contributed by atoms with Crippen molar-refractivity contribution in [3.05, 3.63) is 45.2 Å². The van der Waals surface area contributed by atoms with E-state index >= 15 is 0 Å². The molecule has 3 rings (SSSR count).